The molecule has 19 heavy (non-hydrogen) atoms. The maximum Gasteiger partial charge on any atom is 0.253 e. The highest BCUT2D eigenvalue weighted by molar-refractivity contribution is 6.00. The molecule has 1 amide bonds. The number of carbonyl (C=O) groups excluding carboxylic acids is 1. The van der Waals surface area contributed by atoms with Crippen LogP contribution in [0.15, 0.2) is 18.2 Å². The van der Waals surface area contributed by atoms with Crippen molar-refractivity contribution in [3.63, 3.8) is 0 Å². The van der Waals surface area contributed by atoms with Crippen LogP contribution < -0.4 is 10.6 Å². The van der Waals surface area contributed by atoms with Gasteiger partial charge >= 0.3 is 0 Å². The summed E-state index contributed by atoms with van der Waals surface area (Å²) in [6, 6.07) is 6.24. The molecule has 0 aliphatic heterocycles. The second-order valence-corrected chi connectivity index (χ2v) is 4.96. The number of amides is 1. The van der Waals surface area contributed by atoms with E-state index in [4.69, 9.17) is 0 Å². The van der Waals surface area contributed by atoms with E-state index in [1.165, 1.54) is 0 Å². The van der Waals surface area contributed by atoms with Gasteiger partial charge in [0.15, 0.2) is 0 Å². The van der Waals surface area contributed by atoms with Crippen molar-refractivity contribution >= 4 is 11.6 Å². The van der Waals surface area contributed by atoms with Crippen molar-refractivity contribution in [1.82, 2.24) is 5.32 Å². The van der Waals surface area contributed by atoms with Gasteiger partial charge in [-0.3, -0.25) is 4.79 Å². The fraction of sp³-hybridized carbons (Fsp3) is 0.562. The molecule has 0 atom stereocenters. The van der Waals surface area contributed by atoms with Gasteiger partial charge in [-0.15, -0.1) is 0 Å². The molecule has 1 rings (SSSR count). The van der Waals surface area contributed by atoms with Crippen molar-refractivity contribution in [3.8, 4) is 0 Å². The molecular weight excluding hydrogens is 236 g/mol. The zero-order chi connectivity index (χ0) is 14.3. The summed E-state index contributed by atoms with van der Waals surface area (Å²) in [5.74, 6) is 0.0241. The van der Waals surface area contributed by atoms with E-state index in [1.807, 2.05) is 25.1 Å². The Bertz CT molecular complexity index is 411. The number of hydrogen-bond donors (Lipinski definition) is 2. The van der Waals surface area contributed by atoms with E-state index >= 15 is 0 Å². The lowest BCUT2D eigenvalue weighted by atomic mass is 10.1. The lowest BCUT2D eigenvalue weighted by molar-refractivity contribution is 0.0935. The molecule has 0 aliphatic carbocycles. The number of nitrogens with one attached hydrogen (secondary N) is 2. The third kappa shape index (κ3) is 4.58. The molecule has 0 saturated carbocycles. The van der Waals surface area contributed by atoms with Gasteiger partial charge in [-0.1, -0.05) is 32.4 Å². The molecule has 106 valence electrons. The van der Waals surface area contributed by atoms with Gasteiger partial charge in [-0.2, -0.15) is 0 Å². The lowest BCUT2D eigenvalue weighted by Gasteiger charge is -2.17. The maximum atomic E-state index is 12.4. The van der Waals surface area contributed by atoms with Gasteiger partial charge in [0.2, 0.25) is 0 Å². The van der Waals surface area contributed by atoms with Crippen LogP contribution in [0.4, 0.5) is 5.69 Å². The molecule has 0 aromatic heterocycles. The van der Waals surface area contributed by atoms with Crippen molar-refractivity contribution < 1.29 is 4.79 Å². The fourth-order valence-corrected chi connectivity index (χ4v) is 2.02. The van der Waals surface area contributed by atoms with Crippen LogP contribution in [-0.4, -0.2) is 18.5 Å². The third-order valence-electron chi connectivity index (χ3n) is 3.31. The first kappa shape index (κ1) is 15.5. The first-order valence-electron chi connectivity index (χ1n) is 7.27. The van der Waals surface area contributed by atoms with Gasteiger partial charge in [0.05, 0.1) is 5.56 Å². The molecule has 0 radical (unpaired) electrons. The molecule has 0 heterocycles. The van der Waals surface area contributed by atoms with Gasteiger partial charge < -0.3 is 10.6 Å². The summed E-state index contributed by atoms with van der Waals surface area (Å²) in [4.78, 5) is 12.4. The highest BCUT2D eigenvalue weighted by Gasteiger charge is 2.14. The summed E-state index contributed by atoms with van der Waals surface area (Å²) in [7, 11) is 0. The molecule has 3 nitrogen and oxygen atoms in total. The summed E-state index contributed by atoms with van der Waals surface area (Å²) in [6.07, 6.45) is 2.97. The summed E-state index contributed by atoms with van der Waals surface area (Å²) in [5.41, 5.74) is 2.79. The Morgan fingerprint density at radius 1 is 1.21 bits per heavy atom. The predicted molar refractivity (Wildman–Crippen MR) is 81.8 cm³/mol. The Hall–Kier alpha value is -1.51. The smallest absolute Gasteiger partial charge is 0.253 e. The van der Waals surface area contributed by atoms with Crippen molar-refractivity contribution in [2.24, 2.45) is 0 Å². The predicted octanol–water partition coefficient (Wildman–Crippen LogP) is 3.74. The van der Waals surface area contributed by atoms with Crippen molar-refractivity contribution in [2.75, 3.05) is 11.9 Å². The Kier molecular flexibility index (Phi) is 6.40. The van der Waals surface area contributed by atoms with Crippen LogP contribution in [0.5, 0.6) is 0 Å². The van der Waals surface area contributed by atoms with Crippen LogP contribution in [0.2, 0.25) is 0 Å². The number of hydrogen-bond acceptors (Lipinski definition) is 2. The van der Waals surface area contributed by atoms with Crippen molar-refractivity contribution in [1.29, 1.82) is 0 Å². The normalized spacial score (nSPS) is 10.6. The highest BCUT2D eigenvalue weighted by Crippen LogP contribution is 2.18. The molecule has 2 N–H and O–H groups in total. The van der Waals surface area contributed by atoms with Crippen molar-refractivity contribution in [2.45, 2.75) is 53.0 Å². The van der Waals surface area contributed by atoms with Crippen LogP contribution in [0.1, 0.15) is 56.0 Å². The molecule has 0 spiro atoms. The third-order valence-corrected chi connectivity index (χ3v) is 3.31. The second kappa shape index (κ2) is 7.82. The van der Waals surface area contributed by atoms with E-state index in [2.05, 4.69) is 31.4 Å². The highest BCUT2D eigenvalue weighted by atomic mass is 16.1. The number of aryl methyl sites for hydroxylation is 1. The minimum Gasteiger partial charge on any atom is -0.384 e. The van der Waals surface area contributed by atoms with E-state index in [1.54, 1.807) is 0 Å². The number of rotatable bonds is 7. The average molecular weight is 262 g/mol. The van der Waals surface area contributed by atoms with E-state index in [9.17, 15) is 4.79 Å². The Morgan fingerprint density at radius 2 is 1.89 bits per heavy atom. The molecule has 0 aliphatic rings. The second-order valence-electron chi connectivity index (χ2n) is 4.96. The SMILES string of the molecule is CCCNc1ccc(C)cc1C(=O)NC(CC)CC. The van der Waals surface area contributed by atoms with Crippen LogP contribution in [0.3, 0.4) is 0 Å². The van der Waals surface area contributed by atoms with Gasteiger partial charge in [0, 0.05) is 18.3 Å². The standard InChI is InChI=1S/C16H26N2O/c1-5-10-17-15-9-8-12(4)11-14(15)16(19)18-13(6-2)7-3/h8-9,11,13,17H,5-7,10H2,1-4H3,(H,18,19). The molecule has 0 unspecified atom stereocenters. The first-order chi connectivity index (χ1) is 9.12. The Labute approximate surface area is 116 Å². The molecule has 0 saturated heterocycles. The summed E-state index contributed by atoms with van der Waals surface area (Å²) >= 11 is 0. The summed E-state index contributed by atoms with van der Waals surface area (Å²) in [6.45, 7) is 9.21. The van der Waals surface area contributed by atoms with Crippen LogP contribution >= 0.6 is 0 Å². The van der Waals surface area contributed by atoms with Crippen molar-refractivity contribution in [3.05, 3.63) is 29.3 Å². The maximum absolute atomic E-state index is 12.4. The molecular formula is C16H26N2O. The van der Waals surface area contributed by atoms with Gasteiger partial charge in [-0.05, 0) is 38.3 Å². The monoisotopic (exact) mass is 262 g/mol. The van der Waals surface area contributed by atoms with E-state index in [0.29, 0.717) is 0 Å². The summed E-state index contributed by atoms with van der Waals surface area (Å²) in [5, 5.41) is 6.42. The molecule has 1 aromatic carbocycles. The topological polar surface area (TPSA) is 41.1 Å². The number of carbonyl (C=O) groups is 1. The van der Waals surface area contributed by atoms with E-state index in [-0.39, 0.29) is 11.9 Å². The zero-order valence-electron chi connectivity index (χ0n) is 12.5. The first-order valence-corrected chi connectivity index (χ1v) is 7.27. The van der Waals surface area contributed by atoms with Gasteiger partial charge in [0.1, 0.15) is 0 Å². The molecule has 0 bridgehead atoms. The van der Waals surface area contributed by atoms with E-state index < -0.39 is 0 Å². The number of benzene rings is 1. The Balaban J connectivity index is 2.89. The van der Waals surface area contributed by atoms with Crippen LogP contribution in [0.25, 0.3) is 0 Å². The fourth-order valence-electron chi connectivity index (χ4n) is 2.02. The minimum absolute atomic E-state index is 0.0241. The molecule has 3 heteroatoms. The van der Waals surface area contributed by atoms with E-state index in [0.717, 1.165) is 42.6 Å². The number of anilines is 1. The van der Waals surface area contributed by atoms with Crippen LogP contribution in [0, 0.1) is 6.92 Å². The lowest BCUT2D eigenvalue weighted by Crippen LogP contribution is -2.34. The summed E-state index contributed by atoms with van der Waals surface area (Å²) < 4.78 is 0. The average Bonchev–Trinajstić information content (AvgIpc) is 2.43. The molecule has 0 fully saturated rings. The van der Waals surface area contributed by atoms with Gasteiger partial charge in [-0.25, -0.2) is 0 Å². The quantitative estimate of drug-likeness (QED) is 0.786. The van der Waals surface area contributed by atoms with Crippen LogP contribution in [-0.2, 0) is 0 Å². The Morgan fingerprint density at radius 3 is 2.47 bits per heavy atom. The zero-order valence-corrected chi connectivity index (χ0v) is 12.5. The minimum atomic E-state index is 0.0241. The largest absolute Gasteiger partial charge is 0.384 e. The van der Waals surface area contributed by atoms with Gasteiger partial charge in [0.25, 0.3) is 5.91 Å². The molecule has 1 aromatic rings.